The Balaban J connectivity index is 1.45. The summed E-state index contributed by atoms with van der Waals surface area (Å²) in [5, 5.41) is 9.68. The molecule has 3 unspecified atom stereocenters. The molecule has 1 N–H and O–H groups in total. The fraction of sp³-hybridized carbons (Fsp3) is 0.938. The molecule has 118 valence electrons. The smallest absolute Gasteiger partial charge is 0.321 e. The topological polar surface area (TPSA) is 59.0 Å². The Labute approximate surface area is 125 Å². The minimum absolute atomic E-state index is 0.248. The third-order valence-corrected chi connectivity index (χ3v) is 6.18. The van der Waals surface area contributed by atoms with Crippen molar-refractivity contribution in [3.63, 3.8) is 0 Å². The van der Waals surface area contributed by atoms with Gasteiger partial charge in [-0.15, -0.1) is 0 Å². The largest absolute Gasteiger partial charge is 0.480 e. The van der Waals surface area contributed by atoms with Crippen molar-refractivity contribution < 1.29 is 19.4 Å². The average molecular weight is 295 g/mol. The molecule has 0 aromatic rings. The van der Waals surface area contributed by atoms with Crippen molar-refractivity contribution in [2.24, 2.45) is 11.8 Å². The van der Waals surface area contributed by atoms with Crippen LogP contribution < -0.4 is 0 Å². The number of carbonyl (C=O) groups is 1. The lowest BCUT2D eigenvalue weighted by molar-refractivity contribution is -0.185. The van der Waals surface area contributed by atoms with E-state index >= 15 is 0 Å². The van der Waals surface area contributed by atoms with E-state index in [1.165, 1.54) is 12.8 Å². The van der Waals surface area contributed by atoms with Crippen LogP contribution in [0, 0.1) is 11.8 Å². The Bertz CT molecular complexity index is 411. The quantitative estimate of drug-likeness (QED) is 0.842. The van der Waals surface area contributed by atoms with Crippen molar-refractivity contribution in [3.8, 4) is 0 Å². The number of likely N-dealkylation sites (tertiary alicyclic amines) is 1. The van der Waals surface area contributed by atoms with Gasteiger partial charge in [0.05, 0.1) is 13.2 Å². The van der Waals surface area contributed by atoms with Gasteiger partial charge in [0.15, 0.2) is 5.79 Å². The van der Waals surface area contributed by atoms with Crippen LogP contribution in [0.15, 0.2) is 0 Å². The number of carboxylic acids is 1. The molecule has 0 aromatic carbocycles. The minimum atomic E-state index is -0.613. The lowest BCUT2D eigenvalue weighted by atomic mass is 9.88. The summed E-state index contributed by atoms with van der Waals surface area (Å²) in [5.41, 5.74) is 0. The molecule has 0 bridgehead atoms. The molecule has 5 nitrogen and oxygen atoms in total. The Morgan fingerprint density at radius 2 is 1.81 bits per heavy atom. The van der Waals surface area contributed by atoms with Gasteiger partial charge in [-0.3, -0.25) is 9.69 Å². The van der Waals surface area contributed by atoms with E-state index in [-0.39, 0.29) is 11.8 Å². The van der Waals surface area contributed by atoms with Crippen LogP contribution in [0.2, 0.25) is 0 Å². The van der Waals surface area contributed by atoms with Crippen LogP contribution in [0.1, 0.15) is 44.9 Å². The molecule has 4 fully saturated rings. The molecular weight excluding hydrogens is 270 g/mol. The molecule has 2 saturated heterocycles. The van der Waals surface area contributed by atoms with E-state index in [1.54, 1.807) is 0 Å². The SMILES string of the molecule is O=C(O)C1C2CCCC2CN1C1CCC2(CC1)OCCO2. The molecule has 0 aromatic heterocycles. The standard InChI is InChI=1S/C16H25NO4/c18-15(19)14-13-3-1-2-11(13)10-17(14)12-4-6-16(7-5-12)20-8-9-21-16/h11-14H,1-10H2,(H,18,19). The van der Waals surface area contributed by atoms with Crippen molar-refractivity contribution in [3.05, 3.63) is 0 Å². The predicted octanol–water partition coefficient (Wildman–Crippen LogP) is 1.86. The molecule has 4 rings (SSSR count). The summed E-state index contributed by atoms with van der Waals surface area (Å²) in [7, 11) is 0. The van der Waals surface area contributed by atoms with Crippen molar-refractivity contribution in [2.45, 2.75) is 62.8 Å². The summed E-state index contributed by atoms with van der Waals surface area (Å²) in [4.78, 5) is 14.1. The lowest BCUT2D eigenvalue weighted by Gasteiger charge is -2.40. The number of aliphatic carboxylic acids is 1. The number of ether oxygens (including phenoxy) is 2. The highest BCUT2D eigenvalue weighted by atomic mass is 16.7. The van der Waals surface area contributed by atoms with Gasteiger partial charge >= 0.3 is 5.97 Å². The zero-order valence-corrected chi connectivity index (χ0v) is 12.5. The van der Waals surface area contributed by atoms with Crippen LogP contribution >= 0.6 is 0 Å². The summed E-state index contributed by atoms with van der Waals surface area (Å²) in [6.45, 7) is 2.40. The maximum Gasteiger partial charge on any atom is 0.321 e. The molecule has 0 amide bonds. The summed E-state index contributed by atoms with van der Waals surface area (Å²) in [6, 6.07) is 0.150. The fourth-order valence-corrected chi connectivity index (χ4v) is 5.20. The van der Waals surface area contributed by atoms with Crippen LogP contribution in [0.25, 0.3) is 0 Å². The summed E-state index contributed by atoms with van der Waals surface area (Å²) >= 11 is 0. The molecule has 2 aliphatic heterocycles. The molecule has 1 spiro atoms. The van der Waals surface area contributed by atoms with Gasteiger partial charge in [-0.25, -0.2) is 0 Å². The second-order valence-electron chi connectivity index (χ2n) is 7.17. The molecule has 0 radical (unpaired) electrons. The van der Waals surface area contributed by atoms with Gasteiger partial charge < -0.3 is 14.6 Å². The van der Waals surface area contributed by atoms with E-state index in [9.17, 15) is 9.90 Å². The van der Waals surface area contributed by atoms with Gasteiger partial charge in [-0.2, -0.15) is 0 Å². The van der Waals surface area contributed by atoms with Crippen molar-refractivity contribution >= 4 is 5.97 Å². The Morgan fingerprint density at radius 1 is 1.10 bits per heavy atom. The highest BCUT2D eigenvalue weighted by Crippen LogP contribution is 2.46. The zero-order valence-electron chi connectivity index (χ0n) is 12.5. The molecule has 4 aliphatic rings. The molecule has 2 aliphatic carbocycles. The van der Waals surface area contributed by atoms with Crippen molar-refractivity contribution in [1.29, 1.82) is 0 Å². The monoisotopic (exact) mass is 295 g/mol. The first-order valence-electron chi connectivity index (χ1n) is 8.45. The average Bonchev–Trinajstić information content (AvgIpc) is 3.14. The normalized spacial score (nSPS) is 39.9. The first-order chi connectivity index (χ1) is 10.2. The summed E-state index contributed by atoms with van der Waals surface area (Å²) in [6.07, 6.45) is 7.36. The molecule has 5 heteroatoms. The highest BCUT2D eigenvalue weighted by molar-refractivity contribution is 5.74. The van der Waals surface area contributed by atoms with E-state index < -0.39 is 5.97 Å². The molecule has 2 saturated carbocycles. The zero-order chi connectivity index (χ0) is 14.4. The lowest BCUT2D eigenvalue weighted by Crippen LogP contribution is -2.49. The Hall–Kier alpha value is -0.650. The van der Waals surface area contributed by atoms with Crippen LogP contribution in [-0.2, 0) is 14.3 Å². The number of rotatable bonds is 2. The third kappa shape index (κ3) is 2.30. The summed E-state index contributed by atoms with van der Waals surface area (Å²) < 4.78 is 11.6. The molecule has 2 heterocycles. The minimum Gasteiger partial charge on any atom is -0.480 e. The second kappa shape index (κ2) is 5.21. The van der Waals surface area contributed by atoms with Gasteiger partial charge in [0.1, 0.15) is 6.04 Å². The van der Waals surface area contributed by atoms with E-state index in [0.717, 1.165) is 38.6 Å². The Morgan fingerprint density at radius 3 is 2.48 bits per heavy atom. The fourth-order valence-electron chi connectivity index (χ4n) is 5.20. The molecule has 3 atom stereocenters. The number of hydrogen-bond donors (Lipinski definition) is 1. The maximum absolute atomic E-state index is 11.8. The highest BCUT2D eigenvalue weighted by Gasteiger charge is 2.51. The number of fused-ring (bicyclic) bond motifs is 1. The number of hydrogen-bond acceptors (Lipinski definition) is 4. The van der Waals surface area contributed by atoms with E-state index in [2.05, 4.69) is 4.90 Å². The van der Waals surface area contributed by atoms with E-state index in [4.69, 9.17) is 9.47 Å². The first-order valence-corrected chi connectivity index (χ1v) is 8.45. The number of nitrogens with zero attached hydrogens (tertiary/aromatic N) is 1. The maximum atomic E-state index is 11.8. The Kier molecular flexibility index (Phi) is 3.47. The van der Waals surface area contributed by atoms with Gasteiger partial charge in [0, 0.05) is 25.4 Å². The predicted molar refractivity (Wildman–Crippen MR) is 75.9 cm³/mol. The number of carboxylic acid groups (broad SMARTS) is 1. The van der Waals surface area contributed by atoms with E-state index in [0.29, 0.717) is 31.1 Å². The summed E-state index contributed by atoms with van der Waals surface area (Å²) in [5.74, 6) is 0.0431. The van der Waals surface area contributed by atoms with Crippen molar-refractivity contribution in [2.75, 3.05) is 19.8 Å². The van der Waals surface area contributed by atoms with Crippen molar-refractivity contribution in [1.82, 2.24) is 4.90 Å². The van der Waals surface area contributed by atoms with Crippen LogP contribution in [0.4, 0.5) is 0 Å². The van der Waals surface area contributed by atoms with Gasteiger partial charge in [-0.1, -0.05) is 6.42 Å². The van der Waals surface area contributed by atoms with Gasteiger partial charge in [-0.05, 0) is 37.5 Å². The van der Waals surface area contributed by atoms with E-state index in [1.807, 2.05) is 0 Å². The second-order valence-corrected chi connectivity index (χ2v) is 7.17. The van der Waals surface area contributed by atoms with Gasteiger partial charge in [0.25, 0.3) is 0 Å². The van der Waals surface area contributed by atoms with Crippen LogP contribution in [0.3, 0.4) is 0 Å². The molecular formula is C16H25NO4. The first kappa shape index (κ1) is 14.0. The molecule has 21 heavy (non-hydrogen) atoms. The van der Waals surface area contributed by atoms with Crippen LogP contribution in [-0.4, -0.2) is 53.6 Å². The third-order valence-electron chi connectivity index (χ3n) is 6.18. The van der Waals surface area contributed by atoms with Crippen LogP contribution in [0.5, 0.6) is 0 Å². The van der Waals surface area contributed by atoms with Gasteiger partial charge in [0.2, 0.25) is 0 Å².